The first-order valence-corrected chi connectivity index (χ1v) is 45.4. The summed E-state index contributed by atoms with van der Waals surface area (Å²) in [6, 6.07) is 26.7. The summed E-state index contributed by atoms with van der Waals surface area (Å²) >= 11 is 0. The van der Waals surface area contributed by atoms with Crippen LogP contribution < -0.4 is 55.3 Å². The van der Waals surface area contributed by atoms with Gasteiger partial charge in [0.05, 0.1) is 154 Å². The predicted octanol–water partition coefficient (Wildman–Crippen LogP) is 10.2. The van der Waals surface area contributed by atoms with Crippen LogP contribution in [0.5, 0.6) is 0 Å². The Morgan fingerprint density at radius 3 is 0.972 bits per heavy atom. The third kappa shape index (κ3) is 20.4. The number of halogens is 5. The maximum Gasteiger partial charge on any atom is 0.263 e. The van der Waals surface area contributed by atoms with E-state index in [2.05, 4.69) is 122 Å². The highest BCUT2D eigenvalue weighted by atomic mass is 32.2. The van der Waals surface area contributed by atoms with Gasteiger partial charge in [0.1, 0.15) is 27.8 Å². The number of rotatable bonds is 18. The van der Waals surface area contributed by atoms with E-state index in [1.165, 1.54) is 59.6 Å². The minimum absolute atomic E-state index is 0.000734. The van der Waals surface area contributed by atoms with E-state index in [0.29, 0.717) is 92.0 Å². The van der Waals surface area contributed by atoms with Crippen molar-refractivity contribution in [3.05, 3.63) is 314 Å². The fourth-order valence-corrected chi connectivity index (χ4v) is 16.9. The Labute approximate surface area is 802 Å². The number of sulfone groups is 1. The lowest BCUT2D eigenvalue weighted by Crippen LogP contribution is -2.41. The number of nitrogens with two attached hydrogens (primary N) is 5. The summed E-state index contributed by atoms with van der Waals surface area (Å²) in [7, 11) is -5.00. The van der Waals surface area contributed by atoms with E-state index in [4.69, 9.17) is 28.7 Å². The van der Waals surface area contributed by atoms with Crippen LogP contribution in [0, 0.1) is 42.9 Å². The Morgan fingerprint density at radius 1 is 0.329 bits per heavy atom. The number of fused-ring (bicyclic) bond motifs is 5. The predicted molar refractivity (Wildman–Crippen MR) is 511 cm³/mol. The Balaban J connectivity index is 0.000000123. The van der Waals surface area contributed by atoms with Gasteiger partial charge in [-0.3, -0.25) is 68.5 Å². The van der Waals surface area contributed by atoms with E-state index in [0.717, 1.165) is 114 Å². The van der Waals surface area contributed by atoms with Crippen molar-refractivity contribution in [3.63, 3.8) is 0 Å². The first kappa shape index (κ1) is 95.3. The number of anilines is 10. The molecule has 45 nitrogen and oxygen atoms in total. The number of benzene rings is 2. The molecule has 2 aromatic carbocycles. The van der Waals surface area contributed by atoms with Gasteiger partial charge in [0.15, 0.2) is 96.2 Å². The first-order chi connectivity index (χ1) is 68.7. The minimum atomic E-state index is -3.49. The van der Waals surface area contributed by atoms with E-state index in [1.807, 2.05) is 39.2 Å². The van der Waals surface area contributed by atoms with Crippen molar-refractivity contribution < 1.29 is 62.8 Å². The van der Waals surface area contributed by atoms with Crippen molar-refractivity contribution in [2.24, 2.45) is 7.05 Å². The van der Waals surface area contributed by atoms with Gasteiger partial charge in [-0.25, -0.2) is 86.3 Å². The number of carbonyl (C=O) groups is 5. The number of hydrogen-bond acceptors (Lipinski definition) is 33. The third-order valence-electron chi connectivity index (χ3n) is 21.4. The van der Waals surface area contributed by atoms with Crippen LogP contribution in [-0.4, -0.2) is 193 Å². The maximum absolute atomic E-state index is 13.4. The lowest BCUT2D eigenvalue weighted by molar-refractivity contribution is 0.102. The van der Waals surface area contributed by atoms with Crippen LogP contribution in [0.3, 0.4) is 0 Å². The molecular formula is C91H73F5N36O9S2. The normalized spacial score (nSPS) is 11.8. The van der Waals surface area contributed by atoms with Gasteiger partial charge in [-0.15, -0.1) is 25.5 Å². The highest BCUT2D eigenvalue weighted by Crippen LogP contribution is 2.37. The van der Waals surface area contributed by atoms with Crippen LogP contribution in [0.15, 0.2) is 256 Å². The molecule has 0 atom stereocenters. The molecule has 143 heavy (non-hydrogen) atoms. The molecule has 5 amide bonds. The van der Waals surface area contributed by atoms with Gasteiger partial charge in [0.2, 0.25) is 10.0 Å². The van der Waals surface area contributed by atoms with Gasteiger partial charge in [0, 0.05) is 116 Å². The second-order valence-corrected chi connectivity index (χ2v) is 34.9. The molecule has 0 aliphatic carbocycles. The Kier molecular flexibility index (Phi) is 26.7. The summed E-state index contributed by atoms with van der Waals surface area (Å²) in [5.74, 6) is -6.14. The van der Waals surface area contributed by atoms with Gasteiger partial charge >= 0.3 is 0 Å². The Bertz CT molecular complexity index is 8630. The molecule has 0 saturated carbocycles. The highest BCUT2D eigenvalue weighted by molar-refractivity contribution is 7.90. The number of pyridine rings is 6. The number of nitrogen functional groups attached to an aromatic ring is 5. The molecule has 15 N–H and O–H groups in total. The quantitative estimate of drug-likeness (QED) is 0.0357. The molecular weight excluding hydrogens is 1900 g/mol. The second kappa shape index (κ2) is 40.1. The molecule has 0 bridgehead atoms. The van der Waals surface area contributed by atoms with E-state index < -0.39 is 78.5 Å². The van der Waals surface area contributed by atoms with Crippen LogP contribution in [0.4, 0.5) is 79.5 Å². The zero-order valence-electron chi connectivity index (χ0n) is 74.6. The number of aryl methyl sites for hydroxylation is 3. The van der Waals surface area contributed by atoms with Gasteiger partial charge in [0.25, 0.3) is 29.5 Å². The van der Waals surface area contributed by atoms with E-state index >= 15 is 0 Å². The Morgan fingerprint density at radius 2 is 0.650 bits per heavy atom. The number of hydrogen-bond donors (Lipinski definition) is 10. The van der Waals surface area contributed by atoms with Crippen LogP contribution >= 0.6 is 0 Å². The van der Waals surface area contributed by atoms with Crippen molar-refractivity contribution in [3.8, 4) is 55.9 Å². The molecule has 0 radical (unpaired) electrons. The number of nitrogens with zero attached hydrogens (tertiary/aromatic N) is 26. The molecule has 1 fully saturated rings. The minimum Gasteiger partial charge on any atom is -0.381 e. The van der Waals surface area contributed by atoms with Gasteiger partial charge in [-0.1, -0.05) is 30.3 Å². The van der Waals surface area contributed by atoms with Crippen molar-refractivity contribution in [1.82, 2.24) is 127 Å². The number of carbonyl (C=O) groups excluding carboxylic acids is 5. The highest BCUT2D eigenvalue weighted by Gasteiger charge is 2.32. The summed E-state index contributed by atoms with van der Waals surface area (Å²) in [5, 5.41) is 37.7. The summed E-state index contributed by atoms with van der Waals surface area (Å²) in [5.41, 5.74) is 40.6. The Hall–Kier alpha value is -19.4. The van der Waals surface area contributed by atoms with Crippen molar-refractivity contribution in [2.45, 2.75) is 30.1 Å². The van der Waals surface area contributed by atoms with Crippen LogP contribution in [0.25, 0.3) is 84.1 Å². The van der Waals surface area contributed by atoms with Crippen molar-refractivity contribution in [1.29, 1.82) is 0 Å². The van der Waals surface area contributed by atoms with E-state index in [9.17, 15) is 62.8 Å². The van der Waals surface area contributed by atoms with Crippen molar-refractivity contribution in [2.75, 3.05) is 74.6 Å². The molecule has 1 aliphatic rings. The summed E-state index contributed by atoms with van der Waals surface area (Å²) in [6.07, 6.45) is 34.4. The summed E-state index contributed by atoms with van der Waals surface area (Å²) in [4.78, 5) is 117. The molecule has 0 spiro atoms. The third-order valence-corrected chi connectivity index (χ3v) is 24.5. The largest absolute Gasteiger partial charge is 0.381 e. The fraction of sp³-hybridized carbons (Fsp3) is 0.0769. The molecule has 19 heterocycles. The number of nitrogens with one attached hydrogen (secondary N) is 5. The van der Waals surface area contributed by atoms with Crippen molar-refractivity contribution >= 4 is 135 Å². The molecule has 20 aromatic rings. The average Bonchev–Trinajstić information content (AvgIpc) is 1.29. The second-order valence-electron chi connectivity index (χ2n) is 31.0. The molecule has 52 heteroatoms. The maximum atomic E-state index is 13.4. The smallest absolute Gasteiger partial charge is 0.263 e. The lowest BCUT2D eigenvalue weighted by Gasteiger charge is -2.29. The lowest BCUT2D eigenvalue weighted by atomic mass is 10.1. The average molecular weight is 1970 g/mol. The fourth-order valence-electron chi connectivity index (χ4n) is 14.7. The number of amides is 5. The molecule has 0 unspecified atom stereocenters. The van der Waals surface area contributed by atoms with Gasteiger partial charge < -0.3 is 55.3 Å². The summed E-state index contributed by atoms with van der Waals surface area (Å²) < 4.78 is 124. The summed E-state index contributed by atoms with van der Waals surface area (Å²) in [6.45, 7) is 4.75. The molecule has 1 saturated heterocycles. The van der Waals surface area contributed by atoms with Crippen LogP contribution in [-0.2, 0) is 26.9 Å². The van der Waals surface area contributed by atoms with E-state index in [1.54, 1.807) is 115 Å². The molecule has 21 rings (SSSR count). The zero-order chi connectivity index (χ0) is 101. The molecule has 1 aliphatic heterocycles. The topological polar surface area (TPSA) is 619 Å². The standard InChI is InChI=1S/C21H18FN7O3S.C19H15FN6O3S.C17H15FN8O.C17H13FN8O.C17H12FN7O/c22-14-10-25-20-18(19(23)27-29(20)12-14)21(30)26-17-11-24-7-6-16(17)13-2-4-15(5-3-13)33(31,32)28-8-1-9-28;1-30(28,29)13-4-2-11(3-5-13)14-6-7-22-9-15(14)24-19(27)16-17(21)25-26-10-12(20)8-23-18(16)26;1-9-12(8-25(2)23-9)11-3-4-20-6-13(11)22-17(27)14-15(19)24-26-7-10(18)5-21-16(14)26;1-9-14(22-5-4-21-9)11-2-3-20-7-12(11)24-17(27)13-15(19)25-26-8-10(18)6-23-16(13)26;18-10-7-22-16-14(15(19)24-25(16)9-10)17(26)23-13-8-20-6-4-11(13)12-3-1-2-5-21-12/h2-7,10-12H,1,8-9H2,(H2,23,27)(H,26,30);2-10H,1H3,(H2,21,25)(H,24,27);3-8H,1-2H3,(H2,19,24)(H,22,27);2-8H,1H3,(H2,19,25)(H,24,27);1-9H,(H2,19,24)(H,23,26). The van der Waals surface area contributed by atoms with E-state index in [-0.39, 0.29) is 94.9 Å². The monoisotopic (exact) mass is 1970 g/mol. The number of aromatic nitrogens is 25. The SMILES string of the molecule is CS(=O)(=O)c1ccc(-c2ccncc2NC(=O)c2c(N)nn3cc(F)cnc23)cc1.Cc1nccnc1-c1ccncc1NC(=O)c1c(N)nn2cc(F)cnc12.Cc1nn(C)cc1-c1ccncc1NC(=O)c1c(N)nn2cc(F)cnc12.Nc1nn2cc(F)cnc2c1C(=O)Nc1cnccc1-c1ccc(S(=O)(=O)N2CCC2)cc1.Nc1nn2cc(F)cnc2c1C(=O)Nc1cnccc1-c1ccccn1. The first-order valence-electron chi connectivity index (χ1n) is 42.0. The zero-order valence-corrected chi connectivity index (χ0v) is 76.2. The van der Waals surface area contributed by atoms with Gasteiger partial charge in [-0.2, -0.15) is 9.40 Å². The molecule has 18 aromatic heterocycles. The number of sulfonamides is 1. The van der Waals surface area contributed by atoms with Crippen LogP contribution in [0.2, 0.25) is 0 Å². The van der Waals surface area contributed by atoms with Gasteiger partial charge in [-0.05, 0) is 98.1 Å². The molecule has 718 valence electrons. The van der Waals surface area contributed by atoms with Crippen LogP contribution in [0.1, 0.15) is 69.6 Å².